The number of amides is 2. The Balaban J connectivity index is 2.11. The van der Waals surface area contributed by atoms with Crippen LogP contribution < -0.4 is 15.0 Å². The Labute approximate surface area is 117 Å². The molecule has 0 fully saturated rings. The summed E-state index contributed by atoms with van der Waals surface area (Å²) in [5, 5.41) is 11.4. The molecule has 6 nitrogen and oxygen atoms in total. The van der Waals surface area contributed by atoms with Crippen LogP contribution in [0.15, 0.2) is 24.3 Å². The Hall–Kier alpha value is -2.24. The highest BCUT2D eigenvalue weighted by molar-refractivity contribution is 5.94. The Bertz CT molecular complexity index is 504. The Morgan fingerprint density at radius 1 is 1.45 bits per heavy atom. The first-order valence-corrected chi connectivity index (χ1v) is 6.59. The lowest BCUT2D eigenvalue weighted by Crippen LogP contribution is -2.45. The van der Waals surface area contributed by atoms with Crippen LogP contribution in [0, 0.1) is 0 Å². The van der Waals surface area contributed by atoms with Crippen LogP contribution in [-0.4, -0.2) is 36.3 Å². The molecule has 1 aromatic carbocycles. The van der Waals surface area contributed by atoms with E-state index < -0.39 is 12.0 Å². The summed E-state index contributed by atoms with van der Waals surface area (Å²) in [6, 6.07) is 6.62. The van der Waals surface area contributed by atoms with Crippen LogP contribution in [0.4, 0.5) is 10.5 Å². The molecule has 2 amide bonds. The van der Waals surface area contributed by atoms with Crippen molar-refractivity contribution in [3.8, 4) is 5.75 Å². The molecule has 1 heterocycles. The number of nitrogens with zero attached hydrogens (tertiary/aromatic N) is 1. The van der Waals surface area contributed by atoms with E-state index in [2.05, 4.69) is 5.32 Å². The number of carboxylic acid groups (broad SMARTS) is 1. The maximum absolute atomic E-state index is 12.3. The summed E-state index contributed by atoms with van der Waals surface area (Å²) in [6.45, 7) is 2.78. The molecule has 0 saturated heterocycles. The number of hydrogen-bond donors (Lipinski definition) is 2. The molecule has 0 bridgehead atoms. The van der Waals surface area contributed by atoms with Crippen molar-refractivity contribution in [2.75, 3.05) is 18.1 Å². The van der Waals surface area contributed by atoms with Gasteiger partial charge in [0.05, 0.1) is 18.7 Å². The first kappa shape index (κ1) is 14.2. The summed E-state index contributed by atoms with van der Waals surface area (Å²) < 4.78 is 5.58. The minimum atomic E-state index is -0.933. The number of para-hydroxylation sites is 2. The molecule has 0 radical (unpaired) electrons. The Morgan fingerprint density at radius 3 is 2.95 bits per heavy atom. The second kappa shape index (κ2) is 6.27. The molecule has 6 heteroatoms. The van der Waals surface area contributed by atoms with Gasteiger partial charge in [0.25, 0.3) is 0 Å². The van der Waals surface area contributed by atoms with Gasteiger partial charge in [0.2, 0.25) is 0 Å². The number of nitrogens with one attached hydrogen (secondary N) is 1. The molecule has 0 spiro atoms. The van der Waals surface area contributed by atoms with Crippen LogP contribution in [0.2, 0.25) is 0 Å². The van der Waals surface area contributed by atoms with E-state index in [1.165, 1.54) is 0 Å². The van der Waals surface area contributed by atoms with Gasteiger partial charge in [0, 0.05) is 12.6 Å². The van der Waals surface area contributed by atoms with Crippen LogP contribution >= 0.6 is 0 Å². The second-order valence-corrected chi connectivity index (χ2v) is 4.77. The van der Waals surface area contributed by atoms with E-state index in [0.29, 0.717) is 24.6 Å². The number of aliphatic carboxylic acids is 1. The van der Waals surface area contributed by atoms with Crippen molar-refractivity contribution in [3.05, 3.63) is 24.3 Å². The topological polar surface area (TPSA) is 78.9 Å². The van der Waals surface area contributed by atoms with E-state index in [9.17, 15) is 9.59 Å². The largest absolute Gasteiger partial charge is 0.491 e. The molecule has 0 aromatic heterocycles. The highest BCUT2D eigenvalue weighted by atomic mass is 16.5. The molecule has 2 N–H and O–H groups in total. The first-order chi connectivity index (χ1) is 9.58. The summed E-state index contributed by atoms with van der Waals surface area (Å²) in [4.78, 5) is 24.5. The zero-order valence-electron chi connectivity index (χ0n) is 11.3. The fourth-order valence-electron chi connectivity index (χ4n) is 2.14. The molecule has 1 aliphatic rings. The molecular weight excluding hydrogens is 260 g/mol. The van der Waals surface area contributed by atoms with Crippen molar-refractivity contribution in [1.82, 2.24) is 5.32 Å². The highest BCUT2D eigenvalue weighted by Crippen LogP contribution is 2.30. The average Bonchev–Trinajstić information content (AvgIpc) is 2.59. The van der Waals surface area contributed by atoms with Gasteiger partial charge >= 0.3 is 12.0 Å². The molecule has 1 aliphatic heterocycles. The van der Waals surface area contributed by atoms with Gasteiger partial charge in [-0.3, -0.25) is 9.69 Å². The number of anilines is 1. The Kier molecular flexibility index (Phi) is 4.45. The minimum absolute atomic E-state index is 0.0995. The van der Waals surface area contributed by atoms with Crippen LogP contribution in [0.1, 0.15) is 19.8 Å². The van der Waals surface area contributed by atoms with E-state index in [0.717, 1.165) is 6.42 Å². The van der Waals surface area contributed by atoms with Crippen LogP contribution in [0.5, 0.6) is 5.75 Å². The molecule has 2 rings (SSSR count). The maximum Gasteiger partial charge on any atom is 0.322 e. The van der Waals surface area contributed by atoms with E-state index in [-0.39, 0.29) is 12.5 Å². The van der Waals surface area contributed by atoms with E-state index in [1.807, 2.05) is 24.3 Å². The summed E-state index contributed by atoms with van der Waals surface area (Å²) in [5.74, 6) is -0.261. The van der Waals surface area contributed by atoms with Gasteiger partial charge in [0.15, 0.2) is 0 Å². The number of hydrogen-bond acceptors (Lipinski definition) is 3. The molecule has 108 valence electrons. The van der Waals surface area contributed by atoms with Crippen molar-refractivity contribution < 1.29 is 19.4 Å². The minimum Gasteiger partial charge on any atom is -0.491 e. The standard InChI is InChI=1S/C14H18N2O4/c1-10(9-13(17)18)15-14(19)16-7-4-8-20-12-6-3-2-5-11(12)16/h2-3,5-6,10H,4,7-9H2,1H3,(H,15,19)(H,17,18). The van der Waals surface area contributed by atoms with Gasteiger partial charge in [-0.05, 0) is 25.5 Å². The fourth-order valence-corrected chi connectivity index (χ4v) is 2.14. The fraction of sp³-hybridized carbons (Fsp3) is 0.429. The number of fused-ring (bicyclic) bond motifs is 1. The zero-order valence-corrected chi connectivity index (χ0v) is 11.3. The van der Waals surface area contributed by atoms with Crippen molar-refractivity contribution >= 4 is 17.7 Å². The average molecular weight is 278 g/mol. The monoisotopic (exact) mass is 278 g/mol. The van der Waals surface area contributed by atoms with Gasteiger partial charge in [-0.25, -0.2) is 4.79 Å². The third-order valence-electron chi connectivity index (χ3n) is 3.04. The number of ether oxygens (including phenoxy) is 1. The van der Waals surface area contributed by atoms with Gasteiger partial charge < -0.3 is 15.2 Å². The maximum atomic E-state index is 12.3. The molecule has 20 heavy (non-hydrogen) atoms. The van der Waals surface area contributed by atoms with E-state index in [1.54, 1.807) is 11.8 Å². The van der Waals surface area contributed by atoms with Crippen molar-refractivity contribution in [2.24, 2.45) is 0 Å². The quantitative estimate of drug-likeness (QED) is 0.884. The van der Waals surface area contributed by atoms with E-state index in [4.69, 9.17) is 9.84 Å². The predicted octanol–water partition coefficient (Wildman–Crippen LogP) is 1.85. The SMILES string of the molecule is CC(CC(=O)O)NC(=O)N1CCCOc2ccccc21. The number of carbonyl (C=O) groups is 2. The third kappa shape index (κ3) is 3.40. The molecule has 1 atom stereocenters. The van der Waals surface area contributed by atoms with Crippen molar-refractivity contribution in [2.45, 2.75) is 25.8 Å². The highest BCUT2D eigenvalue weighted by Gasteiger charge is 2.23. The number of benzene rings is 1. The smallest absolute Gasteiger partial charge is 0.322 e. The van der Waals surface area contributed by atoms with Crippen LogP contribution in [0.3, 0.4) is 0 Å². The molecule has 1 aromatic rings. The summed E-state index contributed by atoms with van der Waals surface area (Å²) in [5.41, 5.74) is 0.713. The van der Waals surface area contributed by atoms with Crippen molar-refractivity contribution in [3.63, 3.8) is 0 Å². The molecule has 0 saturated carbocycles. The van der Waals surface area contributed by atoms with Crippen LogP contribution in [-0.2, 0) is 4.79 Å². The Morgan fingerprint density at radius 2 is 2.20 bits per heavy atom. The molecular formula is C14H18N2O4. The first-order valence-electron chi connectivity index (χ1n) is 6.59. The predicted molar refractivity (Wildman–Crippen MR) is 74.1 cm³/mol. The zero-order chi connectivity index (χ0) is 14.5. The second-order valence-electron chi connectivity index (χ2n) is 4.77. The van der Waals surface area contributed by atoms with Gasteiger partial charge in [-0.15, -0.1) is 0 Å². The summed E-state index contributed by atoms with van der Waals surface area (Å²) in [7, 11) is 0. The van der Waals surface area contributed by atoms with Gasteiger partial charge in [0.1, 0.15) is 5.75 Å². The van der Waals surface area contributed by atoms with Crippen LogP contribution in [0.25, 0.3) is 0 Å². The molecule has 1 unspecified atom stereocenters. The number of urea groups is 1. The lowest BCUT2D eigenvalue weighted by molar-refractivity contribution is -0.137. The summed E-state index contributed by atoms with van der Waals surface area (Å²) in [6.07, 6.45) is 0.632. The molecule has 0 aliphatic carbocycles. The normalized spacial score (nSPS) is 15.6. The summed E-state index contributed by atoms with van der Waals surface area (Å²) >= 11 is 0. The van der Waals surface area contributed by atoms with E-state index >= 15 is 0 Å². The van der Waals surface area contributed by atoms with Gasteiger partial charge in [-0.1, -0.05) is 12.1 Å². The number of carboxylic acids is 1. The van der Waals surface area contributed by atoms with Crippen molar-refractivity contribution in [1.29, 1.82) is 0 Å². The number of rotatable bonds is 3. The van der Waals surface area contributed by atoms with Gasteiger partial charge in [-0.2, -0.15) is 0 Å². The lowest BCUT2D eigenvalue weighted by atomic mass is 10.2. The third-order valence-corrected chi connectivity index (χ3v) is 3.04. The number of carbonyl (C=O) groups excluding carboxylic acids is 1. The lowest BCUT2D eigenvalue weighted by Gasteiger charge is -2.24.